The summed E-state index contributed by atoms with van der Waals surface area (Å²) in [4.78, 5) is 8.66. The van der Waals surface area contributed by atoms with Crippen molar-refractivity contribution in [3.05, 3.63) is 47.3 Å². The zero-order valence-corrected chi connectivity index (χ0v) is 11.8. The summed E-state index contributed by atoms with van der Waals surface area (Å²) in [5.41, 5.74) is 9.06. The summed E-state index contributed by atoms with van der Waals surface area (Å²) >= 11 is 1.43. The maximum absolute atomic E-state index is 10.1. The second kappa shape index (κ2) is 6.04. The van der Waals surface area contributed by atoms with Crippen molar-refractivity contribution in [2.45, 2.75) is 25.1 Å². The van der Waals surface area contributed by atoms with Crippen molar-refractivity contribution >= 4 is 17.4 Å². The Bertz CT molecular complexity index is 554. The Kier molecular flexibility index (Phi) is 4.39. The van der Waals surface area contributed by atoms with Crippen molar-refractivity contribution in [2.24, 2.45) is 0 Å². The number of rotatable bonds is 4. The first-order valence-electron chi connectivity index (χ1n) is 6.04. The fourth-order valence-electron chi connectivity index (χ4n) is 1.82. The Balaban J connectivity index is 2.04. The monoisotopic (exact) mass is 275 g/mol. The number of nitrogens with two attached hydrogens (primary N) is 1. The number of aliphatic hydroxyl groups excluding tert-OH is 1. The maximum atomic E-state index is 10.1. The number of nitrogen functional groups attached to an aromatic ring is 1. The molecule has 0 aliphatic rings. The van der Waals surface area contributed by atoms with E-state index in [-0.39, 0.29) is 0 Å². The quantitative estimate of drug-likeness (QED) is 0.509. The van der Waals surface area contributed by atoms with Crippen LogP contribution in [0.5, 0.6) is 0 Å². The molecule has 1 atom stereocenters. The van der Waals surface area contributed by atoms with Crippen LogP contribution in [0, 0.1) is 13.8 Å². The predicted molar refractivity (Wildman–Crippen MR) is 78.0 cm³/mol. The molecular formula is C14H17N3OS. The number of aryl methyl sites for hydroxylation is 2. The van der Waals surface area contributed by atoms with E-state index in [0.29, 0.717) is 16.6 Å². The molecule has 1 heterocycles. The highest BCUT2D eigenvalue weighted by molar-refractivity contribution is 7.99. The number of anilines is 1. The molecular weight excluding hydrogens is 258 g/mol. The molecule has 0 saturated carbocycles. The lowest BCUT2D eigenvalue weighted by Crippen LogP contribution is -2.05. The Hall–Kier alpha value is -1.59. The number of hydrogen-bond acceptors (Lipinski definition) is 5. The van der Waals surface area contributed by atoms with E-state index in [0.717, 1.165) is 17.0 Å². The largest absolute Gasteiger partial charge is 0.398 e. The van der Waals surface area contributed by atoms with Crippen molar-refractivity contribution in [3.63, 3.8) is 0 Å². The van der Waals surface area contributed by atoms with Gasteiger partial charge < -0.3 is 10.8 Å². The second-order valence-corrected chi connectivity index (χ2v) is 5.38. The van der Waals surface area contributed by atoms with E-state index < -0.39 is 6.10 Å². The van der Waals surface area contributed by atoms with Gasteiger partial charge in [0.1, 0.15) is 0 Å². The summed E-state index contributed by atoms with van der Waals surface area (Å²) in [5, 5.41) is 10.8. The van der Waals surface area contributed by atoms with Crippen LogP contribution < -0.4 is 5.73 Å². The number of para-hydroxylation sites is 1. The molecule has 0 saturated heterocycles. The van der Waals surface area contributed by atoms with E-state index in [9.17, 15) is 5.11 Å². The first-order chi connectivity index (χ1) is 9.06. The number of thioether (sulfide) groups is 1. The molecule has 0 radical (unpaired) electrons. The smallest absolute Gasteiger partial charge is 0.188 e. The molecule has 3 N–H and O–H groups in total. The lowest BCUT2D eigenvalue weighted by Gasteiger charge is -2.12. The zero-order valence-electron chi connectivity index (χ0n) is 11.0. The van der Waals surface area contributed by atoms with Crippen molar-refractivity contribution in [2.75, 3.05) is 11.5 Å². The molecule has 5 heteroatoms. The van der Waals surface area contributed by atoms with Crippen molar-refractivity contribution < 1.29 is 5.11 Å². The number of hydrogen-bond donors (Lipinski definition) is 2. The van der Waals surface area contributed by atoms with Gasteiger partial charge in [-0.15, -0.1) is 0 Å². The lowest BCUT2D eigenvalue weighted by molar-refractivity contribution is 0.205. The van der Waals surface area contributed by atoms with Gasteiger partial charge in [0.05, 0.1) is 6.10 Å². The minimum atomic E-state index is -0.615. The maximum Gasteiger partial charge on any atom is 0.188 e. The number of benzene rings is 1. The van der Waals surface area contributed by atoms with E-state index in [1.165, 1.54) is 11.8 Å². The second-order valence-electron chi connectivity index (χ2n) is 4.39. The van der Waals surface area contributed by atoms with Crippen LogP contribution in [0.4, 0.5) is 5.69 Å². The minimum Gasteiger partial charge on any atom is -0.398 e. The summed E-state index contributed by atoms with van der Waals surface area (Å²) in [5.74, 6) is 0.483. The molecule has 1 unspecified atom stereocenters. The first kappa shape index (κ1) is 13.8. The summed E-state index contributed by atoms with van der Waals surface area (Å²) in [6.45, 7) is 3.87. The average molecular weight is 275 g/mol. The minimum absolute atomic E-state index is 0.483. The third-order valence-electron chi connectivity index (χ3n) is 2.69. The van der Waals surface area contributed by atoms with Crippen molar-refractivity contribution in [1.29, 1.82) is 0 Å². The van der Waals surface area contributed by atoms with Gasteiger partial charge in [0.2, 0.25) is 0 Å². The third kappa shape index (κ3) is 3.68. The van der Waals surface area contributed by atoms with Crippen molar-refractivity contribution in [1.82, 2.24) is 9.97 Å². The highest BCUT2D eigenvalue weighted by Gasteiger charge is 2.12. The first-order valence-corrected chi connectivity index (χ1v) is 7.02. The molecule has 0 aliphatic heterocycles. The summed E-state index contributed by atoms with van der Waals surface area (Å²) in [6, 6.07) is 9.27. The fraction of sp³-hybridized carbons (Fsp3) is 0.286. The van der Waals surface area contributed by atoms with E-state index in [1.54, 1.807) is 6.07 Å². The van der Waals surface area contributed by atoms with Gasteiger partial charge >= 0.3 is 0 Å². The molecule has 1 aromatic carbocycles. The Morgan fingerprint density at radius 2 is 1.84 bits per heavy atom. The van der Waals surface area contributed by atoms with E-state index in [4.69, 9.17) is 5.73 Å². The summed E-state index contributed by atoms with van der Waals surface area (Å²) in [6.07, 6.45) is -0.615. The standard InChI is InChI=1S/C14H17N3OS/c1-9-7-10(2)17-14(16-9)19-8-13(18)11-5-3-4-6-12(11)15/h3-7,13,18H,8,15H2,1-2H3. The third-order valence-corrected chi connectivity index (χ3v) is 3.61. The average Bonchev–Trinajstić information content (AvgIpc) is 2.35. The van der Waals surface area contributed by atoms with Crippen LogP contribution in [-0.4, -0.2) is 20.8 Å². The predicted octanol–water partition coefficient (Wildman–Crippen LogP) is 2.50. The molecule has 100 valence electrons. The molecule has 1 aromatic heterocycles. The molecule has 0 aliphatic carbocycles. The van der Waals surface area contributed by atoms with Crippen LogP contribution in [0.2, 0.25) is 0 Å². The van der Waals surface area contributed by atoms with Gasteiger partial charge in [0.15, 0.2) is 5.16 Å². The van der Waals surface area contributed by atoms with E-state index >= 15 is 0 Å². The summed E-state index contributed by atoms with van der Waals surface area (Å²) in [7, 11) is 0. The van der Waals surface area contributed by atoms with E-state index in [1.807, 2.05) is 38.1 Å². The van der Waals surface area contributed by atoms with Crippen LogP contribution in [0.25, 0.3) is 0 Å². The van der Waals surface area contributed by atoms with Gasteiger partial charge in [-0.2, -0.15) is 0 Å². The molecule has 2 rings (SSSR count). The van der Waals surface area contributed by atoms with Crippen LogP contribution in [-0.2, 0) is 0 Å². The molecule has 0 spiro atoms. The van der Waals surface area contributed by atoms with Crippen molar-refractivity contribution in [3.8, 4) is 0 Å². The van der Waals surface area contributed by atoms with Gasteiger partial charge in [-0.05, 0) is 26.0 Å². The van der Waals surface area contributed by atoms with Gasteiger partial charge in [-0.1, -0.05) is 30.0 Å². The lowest BCUT2D eigenvalue weighted by atomic mass is 10.1. The zero-order chi connectivity index (χ0) is 13.8. The Labute approximate surface area is 117 Å². The molecule has 4 nitrogen and oxygen atoms in total. The topological polar surface area (TPSA) is 72.0 Å². The molecule has 0 bridgehead atoms. The van der Waals surface area contributed by atoms with Crippen LogP contribution in [0.1, 0.15) is 23.1 Å². The van der Waals surface area contributed by atoms with E-state index in [2.05, 4.69) is 9.97 Å². The number of aromatic nitrogens is 2. The molecule has 2 aromatic rings. The SMILES string of the molecule is Cc1cc(C)nc(SCC(O)c2ccccc2N)n1. The fourth-order valence-corrected chi connectivity index (χ4v) is 2.72. The van der Waals surface area contributed by atoms with Gasteiger partial charge in [0.25, 0.3) is 0 Å². The van der Waals surface area contributed by atoms with Gasteiger partial charge in [-0.3, -0.25) is 0 Å². The molecule has 19 heavy (non-hydrogen) atoms. The highest BCUT2D eigenvalue weighted by Crippen LogP contribution is 2.26. The molecule has 0 fully saturated rings. The Morgan fingerprint density at radius 3 is 2.47 bits per heavy atom. The highest BCUT2D eigenvalue weighted by atomic mass is 32.2. The number of aliphatic hydroxyl groups is 1. The van der Waals surface area contributed by atoms with Crippen LogP contribution in [0.3, 0.4) is 0 Å². The summed E-state index contributed by atoms with van der Waals surface area (Å²) < 4.78 is 0. The molecule has 0 amide bonds. The normalized spacial score (nSPS) is 12.4. The Morgan fingerprint density at radius 1 is 1.21 bits per heavy atom. The van der Waals surface area contributed by atoms with Crippen LogP contribution >= 0.6 is 11.8 Å². The van der Waals surface area contributed by atoms with Gasteiger partial charge in [-0.25, -0.2) is 9.97 Å². The van der Waals surface area contributed by atoms with Crippen LogP contribution in [0.15, 0.2) is 35.5 Å². The van der Waals surface area contributed by atoms with Gasteiger partial charge in [0, 0.05) is 28.4 Å². The number of nitrogens with zero attached hydrogens (tertiary/aromatic N) is 2.